The van der Waals surface area contributed by atoms with Crippen molar-refractivity contribution in [2.75, 3.05) is 54.5 Å². The van der Waals surface area contributed by atoms with Crippen LogP contribution in [0.5, 0.6) is 0 Å². The molecule has 3 saturated heterocycles. The second kappa shape index (κ2) is 11.5. The van der Waals surface area contributed by atoms with Crippen molar-refractivity contribution in [3.63, 3.8) is 0 Å². The van der Waals surface area contributed by atoms with E-state index in [0.29, 0.717) is 23.6 Å². The van der Waals surface area contributed by atoms with Gasteiger partial charge in [0, 0.05) is 61.9 Å². The summed E-state index contributed by atoms with van der Waals surface area (Å²) in [6.07, 6.45) is 7.92. The number of piperidine rings is 1. The Balaban J connectivity index is 1.33. The van der Waals surface area contributed by atoms with Gasteiger partial charge in [-0.3, -0.25) is 0 Å². The van der Waals surface area contributed by atoms with Crippen LogP contribution in [0.25, 0.3) is 0 Å². The Hall–Kier alpha value is -2.16. The first kappa shape index (κ1) is 25.5. The van der Waals surface area contributed by atoms with E-state index in [1.165, 1.54) is 37.7 Å². The molecule has 0 amide bonds. The van der Waals surface area contributed by atoms with Crippen molar-refractivity contribution in [2.24, 2.45) is 0 Å². The molecule has 36 heavy (non-hydrogen) atoms. The van der Waals surface area contributed by atoms with Crippen molar-refractivity contribution in [3.05, 3.63) is 40.9 Å². The van der Waals surface area contributed by atoms with Gasteiger partial charge < -0.3 is 25.2 Å². The molecule has 1 aromatic heterocycles. The molecular formula is C27H37ClN6OS. The summed E-state index contributed by atoms with van der Waals surface area (Å²) in [6.45, 7) is 7.56. The Kier molecular flexibility index (Phi) is 8.13. The summed E-state index contributed by atoms with van der Waals surface area (Å²) in [6, 6.07) is 10.8. The number of rotatable bonds is 6. The van der Waals surface area contributed by atoms with Gasteiger partial charge >= 0.3 is 0 Å². The zero-order chi connectivity index (χ0) is 25.0. The van der Waals surface area contributed by atoms with Gasteiger partial charge in [-0.2, -0.15) is 9.97 Å². The minimum atomic E-state index is -0.0818. The van der Waals surface area contributed by atoms with Crippen LogP contribution in [0.2, 0.25) is 5.02 Å². The smallest absolute Gasteiger partial charge is 0.232 e. The number of benzene rings is 1. The molecule has 0 radical (unpaired) electrons. The number of anilines is 3. The Labute approximate surface area is 225 Å². The summed E-state index contributed by atoms with van der Waals surface area (Å²) in [4.78, 5) is 14.6. The van der Waals surface area contributed by atoms with E-state index in [9.17, 15) is 0 Å². The molecule has 0 aliphatic carbocycles. The van der Waals surface area contributed by atoms with E-state index in [2.05, 4.69) is 45.6 Å². The van der Waals surface area contributed by atoms with Gasteiger partial charge in [0.2, 0.25) is 5.95 Å². The summed E-state index contributed by atoms with van der Waals surface area (Å²) < 4.78 is 5.68. The number of halogens is 1. The van der Waals surface area contributed by atoms with Crippen molar-refractivity contribution in [3.8, 4) is 0 Å². The Morgan fingerprint density at radius 3 is 2.58 bits per heavy atom. The minimum Gasteiger partial charge on any atom is -0.381 e. The van der Waals surface area contributed by atoms with Gasteiger partial charge in [0.1, 0.15) is 11.6 Å². The lowest BCUT2D eigenvalue weighted by Crippen LogP contribution is -2.45. The van der Waals surface area contributed by atoms with Crippen molar-refractivity contribution in [1.82, 2.24) is 15.3 Å². The standard InChI is InChI=1S/C27H37ClN6OS/c1-20-7-2-3-14-34(20)24-18-23(33-12-4-5-13-33)30-25(31-24)32-26(36)29-19-27(10-15-35-16-11-27)21-8-6-9-22(28)17-21/h6,8-9,17-18,20H,2-5,7,10-16,19H2,1H3,(H2,29,30,31,32,36). The zero-order valence-electron chi connectivity index (χ0n) is 21.1. The molecule has 7 nitrogen and oxygen atoms in total. The van der Waals surface area contributed by atoms with Crippen molar-refractivity contribution in [2.45, 2.75) is 63.3 Å². The maximum Gasteiger partial charge on any atom is 0.232 e. The molecule has 194 valence electrons. The topological polar surface area (TPSA) is 65.5 Å². The van der Waals surface area contributed by atoms with Gasteiger partial charge in [0.25, 0.3) is 0 Å². The number of nitrogens with zero attached hydrogens (tertiary/aromatic N) is 4. The molecule has 5 rings (SSSR count). The first-order valence-electron chi connectivity index (χ1n) is 13.3. The lowest BCUT2D eigenvalue weighted by molar-refractivity contribution is 0.0515. The molecule has 0 saturated carbocycles. The number of hydrogen-bond donors (Lipinski definition) is 2. The molecule has 0 bridgehead atoms. The van der Waals surface area contributed by atoms with E-state index < -0.39 is 0 Å². The third-order valence-corrected chi connectivity index (χ3v) is 8.41. The highest BCUT2D eigenvalue weighted by atomic mass is 35.5. The van der Waals surface area contributed by atoms with Crippen LogP contribution in [0.1, 0.15) is 57.4 Å². The third kappa shape index (κ3) is 5.87. The summed E-state index contributed by atoms with van der Waals surface area (Å²) in [5.41, 5.74) is 1.14. The zero-order valence-corrected chi connectivity index (χ0v) is 22.7. The molecule has 9 heteroatoms. The van der Waals surface area contributed by atoms with Crippen molar-refractivity contribution < 1.29 is 4.74 Å². The number of nitrogens with one attached hydrogen (secondary N) is 2. The summed E-state index contributed by atoms with van der Waals surface area (Å²) in [7, 11) is 0. The van der Waals surface area contributed by atoms with Crippen molar-refractivity contribution in [1.29, 1.82) is 0 Å². The predicted octanol–water partition coefficient (Wildman–Crippen LogP) is 5.14. The number of hydrogen-bond acceptors (Lipinski definition) is 6. The average Bonchev–Trinajstić information content (AvgIpc) is 3.44. The van der Waals surface area contributed by atoms with Crippen LogP contribution in [0, 0.1) is 0 Å². The highest BCUT2D eigenvalue weighted by Crippen LogP contribution is 2.35. The Morgan fingerprint density at radius 2 is 1.83 bits per heavy atom. The first-order chi connectivity index (χ1) is 17.5. The van der Waals surface area contributed by atoms with E-state index in [1.54, 1.807) is 0 Å². The molecule has 0 spiro atoms. The molecule has 3 fully saturated rings. The van der Waals surface area contributed by atoms with E-state index in [-0.39, 0.29) is 5.41 Å². The van der Waals surface area contributed by atoms with Crippen molar-refractivity contribution >= 4 is 46.5 Å². The third-order valence-electron chi connectivity index (χ3n) is 7.93. The van der Waals surface area contributed by atoms with Gasteiger partial charge in [0.15, 0.2) is 5.11 Å². The van der Waals surface area contributed by atoms with Crippen LogP contribution < -0.4 is 20.4 Å². The molecule has 1 unspecified atom stereocenters. The van der Waals surface area contributed by atoms with Gasteiger partial charge in [-0.25, -0.2) is 0 Å². The molecule has 2 N–H and O–H groups in total. The van der Waals surface area contributed by atoms with E-state index in [0.717, 1.165) is 62.3 Å². The van der Waals surface area contributed by atoms with Crippen LogP contribution in [0.15, 0.2) is 30.3 Å². The number of aromatic nitrogens is 2. The van der Waals surface area contributed by atoms with E-state index in [4.69, 9.17) is 38.5 Å². The van der Waals surface area contributed by atoms with E-state index in [1.807, 2.05) is 12.1 Å². The summed E-state index contributed by atoms with van der Waals surface area (Å²) in [5, 5.41) is 8.07. The molecule has 1 aromatic carbocycles. The van der Waals surface area contributed by atoms with Crippen LogP contribution in [-0.4, -0.2) is 60.5 Å². The van der Waals surface area contributed by atoms with Crippen LogP contribution in [0.4, 0.5) is 17.6 Å². The average molecular weight is 529 g/mol. The highest BCUT2D eigenvalue weighted by Gasteiger charge is 2.35. The molecule has 3 aliphatic rings. The number of thiocarbonyl (C=S) groups is 1. The predicted molar refractivity (Wildman–Crippen MR) is 152 cm³/mol. The summed E-state index contributed by atoms with van der Waals surface area (Å²) in [5.74, 6) is 2.54. The molecule has 1 atom stereocenters. The maximum absolute atomic E-state index is 6.34. The van der Waals surface area contributed by atoms with Gasteiger partial charge in [-0.05, 0) is 81.8 Å². The fraction of sp³-hybridized carbons (Fsp3) is 0.593. The van der Waals surface area contributed by atoms with Gasteiger partial charge in [-0.1, -0.05) is 23.7 Å². The second-order valence-corrected chi connectivity index (χ2v) is 11.2. The van der Waals surface area contributed by atoms with Gasteiger partial charge in [-0.15, -0.1) is 0 Å². The Bertz CT molecular complexity index is 1060. The Morgan fingerprint density at radius 1 is 1.08 bits per heavy atom. The number of ether oxygens (including phenoxy) is 1. The van der Waals surface area contributed by atoms with Crippen LogP contribution in [-0.2, 0) is 10.2 Å². The van der Waals surface area contributed by atoms with E-state index >= 15 is 0 Å². The molecule has 4 heterocycles. The lowest BCUT2D eigenvalue weighted by atomic mass is 9.74. The van der Waals surface area contributed by atoms with Crippen LogP contribution in [0.3, 0.4) is 0 Å². The van der Waals surface area contributed by atoms with Gasteiger partial charge in [0.05, 0.1) is 0 Å². The second-order valence-electron chi connectivity index (χ2n) is 10.4. The fourth-order valence-electron chi connectivity index (χ4n) is 5.71. The molecule has 2 aromatic rings. The monoisotopic (exact) mass is 528 g/mol. The minimum absolute atomic E-state index is 0.0818. The lowest BCUT2D eigenvalue weighted by Gasteiger charge is -2.38. The summed E-state index contributed by atoms with van der Waals surface area (Å²) >= 11 is 12.1. The largest absolute Gasteiger partial charge is 0.381 e. The van der Waals surface area contributed by atoms with Crippen LogP contribution >= 0.6 is 23.8 Å². The fourth-order valence-corrected chi connectivity index (χ4v) is 6.07. The quantitative estimate of drug-likeness (QED) is 0.499. The highest BCUT2D eigenvalue weighted by molar-refractivity contribution is 7.80. The SMILES string of the molecule is CC1CCCCN1c1cc(N2CCCC2)nc(NC(=S)NCC2(c3cccc(Cl)c3)CCOCC2)n1. The molecule has 3 aliphatic heterocycles. The first-order valence-corrected chi connectivity index (χ1v) is 14.1. The molecular weight excluding hydrogens is 492 g/mol. The normalized spacial score (nSPS) is 21.9. The maximum atomic E-state index is 6.34.